The van der Waals surface area contributed by atoms with Crippen LogP contribution in [0.2, 0.25) is 0 Å². The number of anilines is 1. The molecule has 1 amide bonds. The SMILES string of the molecule is Nc1cnccc1-c1ccc(C(=O)N2CCN(C3COC3)CC2)nc1. The summed E-state index contributed by atoms with van der Waals surface area (Å²) in [7, 11) is 0. The van der Waals surface area contributed by atoms with E-state index in [1.165, 1.54) is 0 Å². The maximum atomic E-state index is 12.7. The largest absolute Gasteiger partial charge is 0.397 e. The van der Waals surface area contributed by atoms with Gasteiger partial charge >= 0.3 is 0 Å². The smallest absolute Gasteiger partial charge is 0.272 e. The van der Waals surface area contributed by atoms with Gasteiger partial charge in [0, 0.05) is 49.7 Å². The zero-order valence-corrected chi connectivity index (χ0v) is 14.0. The van der Waals surface area contributed by atoms with Crippen LogP contribution in [-0.4, -0.2) is 71.1 Å². The number of amides is 1. The standard InChI is InChI=1S/C18H21N5O2/c19-16-10-20-4-3-15(16)13-1-2-17(21-9-13)18(24)23-7-5-22(6-8-23)14-11-25-12-14/h1-4,9-10,14H,5-8,11-12,19H2. The molecule has 0 radical (unpaired) electrons. The second-order valence-electron chi connectivity index (χ2n) is 6.41. The number of nitrogen functional groups attached to an aromatic ring is 1. The van der Waals surface area contributed by atoms with Gasteiger partial charge in [-0.1, -0.05) is 6.07 Å². The Morgan fingerprint density at radius 2 is 1.92 bits per heavy atom. The molecule has 0 atom stereocenters. The fourth-order valence-corrected chi connectivity index (χ4v) is 3.24. The van der Waals surface area contributed by atoms with E-state index in [-0.39, 0.29) is 5.91 Å². The van der Waals surface area contributed by atoms with Gasteiger partial charge < -0.3 is 15.4 Å². The summed E-state index contributed by atoms with van der Waals surface area (Å²) in [5.74, 6) is -0.0150. The van der Waals surface area contributed by atoms with Gasteiger partial charge in [-0.05, 0) is 12.1 Å². The predicted molar refractivity (Wildman–Crippen MR) is 94.0 cm³/mol. The number of piperazine rings is 1. The number of nitrogens with zero attached hydrogens (tertiary/aromatic N) is 4. The number of nitrogens with two attached hydrogens (primary N) is 1. The minimum absolute atomic E-state index is 0.0150. The maximum Gasteiger partial charge on any atom is 0.272 e. The molecule has 2 saturated heterocycles. The molecule has 25 heavy (non-hydrogen) atoms. The molecule has 0 bridgehead atoms. The number of rotatable bonds is 3. The molecule has 2 aromatic heterocycles. The van der Waals surface area contributed by atoms with Gasteiger partial charge in [-0.3, -0.25) is 19.7 Å². The summed E-state index contributed by atoms with van der Waals surface area (Å²) in [6.07, 6.45) is 5.00. The molecule has 0 saturated carbocycles. The minimum atomic E-state index is -0.0150. The van der Waals surface area contributed by atoms with Crippen LogP contribution in [0.1, 0.15) is 10.5 Å². The van der Waals surface area contributed by atoms with Crippen LogP contribution in [0, 0.1) is 0 Å². The lowest BCUT2D eigenvalue weighted by Crippen LogP contribution is -2.57. The Balaban J connectivity index is 1.42. The molecular formula is C18H21N5O2. The Hall–Kier alpha value is -2.51. The summed E-state index contributed by atoms with van der Waals surface area (Å²) in [5.41, 5.74) is 8.76. The second kappa shape index (κ2) is 6.78. The third-order valence-corrected chi connectivity index (χ3v) is 4.88. The van der Waals surface area contributed by atoms with Crippen LogP contribution >= 0.6 is 0 Å². The summed E-state index contributed by atoms with van der Waals surface area (Å²) in [6.45, 7) is 4.88. The van der Waals surface area contributed by atoms with Crippen LogP contribution in [0.4, 0.5) is 5.69 Å². The number of carbonyl (C=O) groups is 1. The maximum absolute atomic E-state index is 12.7. The average Bonchev–Trinajstić information content (AvgIpc) is 2.61. The van der Waals surface area contributed by atoms with Crippen molar-refractivity contribution in [1.29, 1.82) is 0 Å². The molecule has 0 aromatic carbocycles. The van der Waals surface area contributed by atoms with Crippen molar-refractivity contribution in [1.82, 2.24) is 19.8 Å². The highest BCUT2D eigenvalue weighted by atomic mass is 16.5. The van der Waals surface area contributed by atoms with E-state index in [0.717, 1.165) is 50.5 Å². The first-order valence-electron chi connectivity index (χ1n) is 8.49. The van der Waals surface area contributed by atoms with Crippen molar-refractivity contribution in [3.05, 3.63) is 42.5 Å². The van der Waals surface area contributed by atoms with Crippen molar-refractivity contribution in [2.45, 2.75) is 6.04 Å². The Morgan fingerprint density at radius 1 is 1.12 bits per heavy atom. The average molecular weight is 339 g/mol. The summed E-state index contributed by atoms with van der Waals surface area (Å²) in [6, 6.07) is 6.02. The molecule has 7 heteroatoms. The lowest BCUT2D eigenvalue weighted by atomic mass is 10.1. The van der Waals surface area contributed by atoms with E-state index in [2.05, 4.69) is 14.9 Å². The predicted octanol–water partition coefficient (Wildman–Crippen LogP) is 0.882. The normalized spacial score (nSPS) is 18.8. The number of hydrogen-bond donors (Lipinski definition) is 1. The lowest BCUT2D eigenvalue weighted by molar-refractivity contribution is -0.0746. The zero-order chi connectivity index (χ0) is 17.2. The molecule has 0 spiro atoms. The highest BCUT2D eigenvalue weighted by Crippen LogP contribution is 2.24. The Morgan fingerprint density at radius 3 is 2.52 bits per heavy atom. The molecule has 4 rings (SSSR count). The Labute approximate surface area is 146 Å². The van der Waals surface area contributed by atoms with Crippen LogP contribution in [0.25, 0.3) is 11.1 Å². The van der Waals surface area contributed by atoms with Crippen molar-refractivity contribution >= 4 is 11.6 Å². The molecule has 7 nitrogen and oxygen atoms in total. The fourth-order valence-electron chi connectivity index (χ4n) is 3.24. The Kier molecular flexibility index (Phi) is 4.33. The summed E-state index contributed by atoms with van der Waals surface area (Å²) < 4.78 is 5.24. The quantitative estimate of drug-likeness (QED) is 0.894. The Bertz CT molecular complexity index is 752. The van der Waals surface area contributed by atoms with Gasteiger partial charge in [0.15, 0.2) is 0 Å². The van der Waals surface area contributed by atoms with Crippen molar-refractivity contribution < 1.29 is 9.53 Å². The van der Waals surface area contributed by atoms with E-state index >= 15 is 0 Å². The first-order valence-corrected chi connectivity index (χ1v) is 8.49. The monoisotopic (exact) mass is 339 g/mol. The van der Waals surface area contributed by atoms with Gasteiger partial charge in [0.1, 0.15) is 5.69 Å². The first-order chi connectivity index (χ1) is 12.2. The van der Waals surface area contributed by atoms with Gasteiger partial charge in [-0.15, -0.1) is 0 Å². The number of pyridine rings is 2. The van der Waals surface area contributed by atoms with Gasteiger partial charge in [0.2, 0.25) is 0 Å². The summed E-state index contributed by atoms with van der Waals surface area (Å²) in [4.78, 5) is 25.3. The third-order valence-electron chi connectivity index (χ3n) is 4.88. The molecule has 130 valence electrons. The van der Waals surface area contributed by atoms with Crippen molar-refractivity contribution in [2.24, 2.45) is 0 Å². The molecule has 2 aliphatic rings. The van der Waals surface area contributed by atoms with Crippen LogP contribution in [0.5, 0.6) is 0 Å². The summed E-state index contributed by atoms with van der Waals surface area (Å²) >= 11 is 0. The highest BCUT2D eigenvalue weighted by molar-refractivity contribution is 5.93. The van der Waals surface area contributed by atoms with Gasteiger partial charge in [0.25, 0.3) is 5.91 Å². The molecule has 2 fully saturated rings. The van der Waals surface area contributed by atoms with Crippen molar-refractivity contribution in [3.63, 3.8) is 0 Å². The third kappa shape index (κ3) is 3.20. The molecule has 4 heterocycles. The van der Waals surface area contributed by atoms with E-state index in [4.69, 9.17) is 10.5 Å². The topological polar surface area (TPSA) is 84.6 Å². The van der Waals surface area contributed by atoms with Crippen molar-refractivity contribution in [3.8, 4) is 11.1 Å². The molecule has 2 aliphatic heterocycles. The molecular weight excluding hydrogens is 318 g/mol. The van der Waals surface area contributed by atoms with E-state index < -0.39 is 0 Å². The van der Waals surface area contributed by atoms with Crippen LogP contribution < -0.4 is 5.73 Å². The molecule has 2 aromatic rings. The van der Waals surface area contributed by atoms with Gasteiger partial charge in [-0.25, -0.2) is 0 Å². The van der Waals surface area contributed by atoms with E-state index in [9.17, 15) is 4.79 Å². The second-order valence-corrected chi connectivity index (χ2v) is 6.41. The van der Waals surface area contributed by atoms with Crippen molar-refractivity contribution in [2.75, 3.05) is 45.1 Å². The number of hydrogen-bond acceptors (Lipinski definition) is 6. The van der Waals surface area contributed by atoms with E-state index in [1.54, 1.807) is 24.7 Å². The minimum Gasteiger partial charge on any atom is -0.397 e. The van der Waals surface area contributed by atoms with Crippen LogP contribution in [-0.2, 0) is 4.74 Å². The molecule has 2 N–H and O–H groups in total. The van der Waals surface area contributed by atoms with E-state index in [0.29, 0.717) is 17.4 Å². The first kappa shape index (κ1) is 16.0. The van der Waals surface area contributed by atoms with Crippen LogP contribution in [0.15, 0.2) is 36.8 Å². The molecule has 0 aliphatic carbocycles. The number of ether oxygens (including phenoxy) is 1. The van der Waals surface area contributed by atoms with Gasteiger partial charge in [0.05, 0.1) is 31.1 Å². The number of aromatic nitrogens is 2. The van der Waals surface area contributed by atoms with Crippen LogP contribution in [0.3, 0.4) is 0 Å². The summed E-state index contributed by atoms with van der Waals surface area (Å²) in [5, 5.41) is 0. The molecule has 0 unspecified atom stereocenters. The number of carbonyl (C=O) groups excluding carboxylic acids is 1. The van der Waals surface area contributed by atoms with E-state index in [1.807, 2.05) is 17.0 Å². The zero-order valence-electron chi connectivity index (χ0n) is 14.0. The lowest BCUT2D eigenvalue weighted by Gasteiger charge is -2.42. The van der Waals surface area contributed by atoms with Gasteiger partial charge in [-0.2, -0.15) is 0 Å². The fraction of sp³-hybridized carbons (Fsp3) is 0.389. The highest BCUT2D eigenvalue weighted by Gasteiger charge is 2.30.